The summed E-state index contributed by atoms with van der Waals surface area (Å²) >= 11 is 0. The van der Waals surface area contributed by atoms with Crippen molar-refractivity contribution in [2.24, 2.45) is 0 Å². The minimum absolute atomic E-state index is 0.172. The summed E-state index contributed by atoms with van der Waals surface area (Å²) in [6.07, 6.45) is 11.0. The van der Waals surface area contributed by atoms with Crippen LogP contribution in [0, 0.1) is 0 Å². The van der Waals surface area contributed by atoms with Crippen molar-refractivity contribution in [1.82, 2.24) is 0 Å². The highest BCUT2D eigenvalue weighted by Gasteiger charge is 2.07. The van der Waals surface area contributed by atoms with E-state index in [1.807, 2.05) is 0 Å². The first-order valence-corrected chi connectivity index (χ1v) is 9.66. The molecule has 0 heterocycles. The fourth-order valence-electron chi connectivity index (χ4n) is 2.54. The van der Waals surface area contributed by atoms with E-state index in [0.717, 1.165) is 57.4 Å². The van der Waals surface area contributed by atoms with Gasteiger partial charge >= 0.3 is 17.9 Å². The predicted octanol–water partition coefficient (Wildman–Crippen LogP) is 4.41. The highest BCUT2D eigenvalue weighted by atomic mass is 16.5. The van der Waals surface area contributed by atoms with Crippen LogP contribution in [-0.2, 0) is 23.9 Å². The van der Waals surface area contributed by atoms with Gasteiger partial charge in [0.1, 0.15) is 0 Å². The van der Waals surface area contributed by atoms with Crippen LogP contribution in [0.3, 0.4) is 0 Å². The molecule has 6 nitrogen and oxygen atoms in total. The van der Waals surface area contributed by atoms with Crippen LogP contribution in [0.15, 0.2) is 12.7 Å². The molecule has 26 heavy (non-hydrogen) atoms. The van der Waals surface area contributed by atoms with Gasteiger partial charge in [-0.25, -0.2) is 4.79 Å². The summed E-state index contributed by atoms with van der Waals surface area (Å²) in [5.74, 6) is -1.33. The minimum Gasteiger partial charge on any atom is -0.481 e. The fraction of sp³-hybridized carbons (Fsp3) is 0.750. The van der Waals surface area contributed by atoms with Crippen molar-refractivity contribution in [1.29, 1.82) is 0 Å². The van der Waals surface area contributed by atoms with E-state index in [1.165, 1.54) is 0 Å². The van der Waals surface area contributed by atoms with Crippen molar-refractivity contribution < 1.29 is 29.0 Å². The van der Waals surface area contributed by atoms with Crippen molar-refractivity contribution in [3.8, 4) is 0 Å². The minimum atomic E-state index is -0.720. The Balaban J connectivity index is 3.35. The maximum Gasteiger partial charge on any atom is 0.330 e. The van der Waals surface area contributed by atoms with Gasteiger partial charge in [0.15, 0.2) is 0 Å². The molecule has 0 aliphatic heterocycles. The van der Waals surface area contributed by atoms with Gasteiger partial charge in [-0.3, -0.25) is 9.59 Å². The fourth-order valence-corrected chi connectivity index (χ4v) is 2.54. The SMILES string of the molecule is C=CC(=O)OC(C)CCCOC(=O)CCCCCCCCCCC(=O)O. The number of carboxylic acids is 1. The van der Waals surface area contributed by atoms with Gasteiger partial charge in [-0.1, -0.05) is 45.1 Å². The Kier molecular flexibility index (Phi) is 15.4. The van der Waals surface area contributed by atoms with Crippen LogP contribution in [0.25, 0.3) is 0 Å². The van der Waals surface area contributed by atoms with E-state index in [4.69, 9.17) is 14.6 Å². The lowest BCUT2D eigenvalue weighted by molar-refractivity contribution is -0.146. The molecule has 0 rings (SSSR count). The van der Waals surface area contributed by atoms with Crippen molar-refractivity contribution in [2.75, 3.05) is 6.61 Å². The number of aliphatic carboxylic acids is 1. The Morgan fingerprint density at radius 1 is 0.923 bits per heavy atom. The molecule has 1 unspecified atom stereocenters. The van der Waals surface area contributed by atoms with E-state index in [-0.39, 0.29) is 18.5 Å². The Morgan fingerprint density at radius 3 is 2.00 bits per heavy atom. The molecule has 0 saturated carbocycles. The van der Waals surface area contributed by atoms with Crippen LogP contribution in [0.1, 0.15) is 84.0 Å². The summed E-state index contributed by atoms with van der Waals surface area (Å²) < 4.78 is 10.2. The second kappa shape index (κ2) is 16.6. The third-order valence-corrected chi connectivity index (χ3v) is 4.02. The number of esters is 2. The Bertz CT molecular complexity index is 419. The van der Waals surface area contributed by atoms with Gasteiger partial charge in [0.2, 0.25) is 0 Å². The molecule has 0 aromatic rings. The maximum absolute atomic E-state index is 11.6. The van der Waals surface area contributed by atoms with Crippen LogP contribution < -0.4 is 0 Å². The zero-order valence-electron chi connectivity index (χ0n) is 16.0. The lowest BCUT2D eigenvalue weighted by Gasteiger charge is -2.11. The first kappa shape index (κ1) is 24.1. The van der Waals surface area contributed by atoms with Crippen LogP contribution >= 0.6 is 0 Å². The molecule has 0 amide bonds. The summed E-state index contributed by atoms with van der Waals surface area (Å²) in [6.45, 7) is 5.49. The van der Waals surface area contributed by atoms with Crippen molar-refractivity contribution in [2.45, 2.75) is 90.1 Å². The second-order valence-electron chi connectivity index (χ2n) is 6.54. The molecule has 0 aromatic carbocycles. The first-order valence-electron chi connectivity index (χ1n) is 9.66. The molecule has 6 heteroatoms. The van der Waals surface area contributed by atoms with E-state index in [1.54, 1.807) is 6.92 Å². The molecule has 150 valence electrons. The highest BCUT2D eigenvalue weighted by molar-refractivity contribution is 5.81. The summed E-state index contributed by atoms with van der Waals surface area (Å²) in [5, 5.41) is 8.53. The molecule has 0 aliphatic carbocycles. The topological polar surface area (TPSA) is 89.9 Å². The predicted molar refractivity (Wildman–Crippen MR) is 99.7 cm³/mol. The van der Waals surface area contributed by atoms with Crippen LogP contribution in [0.5, 0.6) is 0 Å². The largest absolute Gasteiger partial charge is 0.481 e. The Morgan fingerprint density at radius 2 is 1.46 bits per heavy atom. The molecule has 1 atom stereocenters. The third kappa shape index (κ3) is 17.0. The monoisotopic (exact) mass is 370 g/mol. The summed E-state index contributed by atoms with van der Waals surface area (Å²) in [6, 6.07) is 0. The second-order valence-corrected chi connectivity index (χ2v) is 6.54. The van der Waals surface area contributed by atoms with Gasteiger partial charge in [0.05, 0.1) is 12.7 Å². The molecule has 0 bridgehead atoms. The van der Waals surface area contributed by atoms with Gasteiger partial charge in [-0.2, -0.15) is 0 Å². The van der Waals surface area contributed by atoms with Crippen molar-refractivity contribution in [3.05, 3.63) is 12.7 Å². The zero-order valence-corrected chi connectivity index (χ0v) is 16.0. The van der Waals surface area contributed by atoms with E-state index < -0.39 is 11.9 Å². The highest BCUT2D eigenvalue weighted by Crippen LogP contribution is 2.11. The number of rotatable bonds is 17. The van der Waals surface area contributed by atoms with E-state index in [9.17, 15) is 14.4 Å². The average molecular weight is 370 g/mol. The zero-order chi connectivity index (χ0) is 19.6. The average Bonchev–Trinajstić information content (AvgIpc) is 2.59. The summed E-state index contributed by atoms with van der Waals surface area (Å²) in [5.41, 5.74) is 0. The molecule has 0 saturated heterocycles. The molecule has 0 radical (unpaired) electrons. The molecular weight excluding hydrogens is 336 g/mol. The lowest BCUT2D eigenvalue weighted by atomic mass is 10.1. The van der Waals surface area contributed by atoms with E-state index in [0.29, 0.717) is 25.9 Å². The normalized spacial score (nSPS) is 11.6. The van der Waals surface area contributed by atoms with Crippen molar-refractivity contribution >= 4 is 17.9 Å². The smallest absolute Gasteiger partial charge is 0.330 e. The van der Waals surface area contributed by atoms with E-state index >= 15 is 0 Å². The van der Waals surface area contributed by atoms with Gasteiger partial charge in [-0.15, -0.1) is 0 Å². The van der Waals surface area contributed by atoms with Crippen LogP contribution in [-0.4, -0.2) is 35.7 Å². The van der Waals surface area contributed by atoms with Crippen molar-refractivity contribution in [3.63, 3.8) is 0 Å². The number of carbonyl (C=O) groups is 3. The summed E-state index contributed by atoms with van der Waals surface area (Å²) in [7, 11) is 0. The molecule has 0 fully saturated rings. The Labute approximate surface area is 156 Å². The molecule has 1 N–H and O–H groups in total. The van der Waals surface area contributed by atoms with Gasteiger partial charge < -0.3 is 14.6 Å². The van der Waals surface area contributed by atoms with Gasteiger partial charge in [0, 0.05) is 18.9 Å². The Hall–Kier alpha value is -1.85. The van der Waals surface area contributed by atoms with E-state index in [2.05, 4.69) is 6.58 Å². The number of carbonyl (C=O) groups excluding carboxylic acids is 2. The number of hydrogen-bond acceptors (Lipinski definition) is 5. The molecule has 0 spiro atoms. The molecular formula is C20H34O6. The summed E-state index contributed by atoms with van der Waals surface area (Å²) in [4.78, 5) is 33.0. The lowest BCUT2D eigenvalue weighted by Crippen LogP contribution is -2.14. The van der Waals surface area contributed by atoms with Crippen LogP contribution in [0.4, 0.5) is 0 Å². The third-order valence-electron chi connectivity index (χ3n) is 4.02. The standard InChI is InChI=1S/C20H34O6/c1-3-19(23)26-17(2)13-12-16-25-20(24)15-11-9-7-5-4-6-8-10-14-18(21)22/h3,17H,1,4-16H2,2H3,(H,21,22). The van der Waals surface area contributed by atoms with Crippen LogP contribution in [0.2, 0.25) is 0 Å². The van der Waals surface area contributed by atoms with Gasteiger partial charge in [0.25, 0.3) is 0 Å². The molecule has 0 aromatic heterocycles. The number of carboxylic acid groups (broad SMARTS) is 1. The number of unbranched alkanes of at least 4 members (excludes halogenated alkanes) is 7. The quantitative estimate of drug-likeness (QED) is 0.232. The number of hydrogen-bond donors (Lipinski definition) is 1. The number of ether oxygens (including phenoxy) is 2. The first-order chi connectivity index (χ1) is 12.5. The van der Waals surface area contributed by atoms with Gasteiger partial charge in [-0.05, 0) is 32.6 Å². The molecule has 0 aliphatic rings. The maximum atomic E-state index is 11.6.